The summed E-state index contributed by atoms with van der Waals surface area (Å²) in [4.78, 5) is 23.8. The molecule has 0 heterocycles. The highest BCUT2D eigenvalue weighted by Crippen LogP contribution is 2.44. The van der Waals surface area contributed by atoms with E-state index in [-0.39, 0.29) is 0 Å². The first-order valence-electron chi connectivity index (χ1n) is 1.48. The molecule has 0 bridgehead atoms. The maximum atomic E-state index is 7.94. The molecule has 0 aliphatic carbocycles. The average Bonchev–Trinajstić information content (AvgIpc) is 1.30. The lowest BCUT2D eigenvalue weighted by molar-refractivity contribution is 0.184. The van der Waals surface area contributed by atoms with Gasteiger partial charge in [0.1, 0.15) is 7.85 Å². The van der Waals surface area contributed by atoms with Crippen molar-refractivity contribution >= 4 is 16.0 Å². The van der Waals surface area contributed by atoms with Crippen LogP contribution in [0.2, 0.25) is 0 Å². The summed E-state index contributed by atoms with van der Waals surface area (Å²) in [6.45, 7) is -0.392. The average molecular weight is 123 g/mol. The molecule has 40 valence electrons. The van der Waals surface area contributed by atoms with E-state index in [1.165, 1.54) is 0 Å². The topological polar surface area (TPSA) is 69.9 Å². The molecule has 0 amide bonds. The molecule has 0 atom stereocenters. The molecular weight excluding hydrogens is 118 g/mol. The third kappa shape index (κ3) is 6.33. The highest BCUT2D eigenvalue weighted by Gasteiger charge is 2.31. The third-order valence-corrected chi connectivity index (χ3v) is 0.743. The molecule has 7 heavy (non-hydrogen) atoms. The van der Waals surface area contributed by atoms with Crippen LogP contribution in [0.4, 0.5) is 0 Å². The van der Waals surface area contributed by atoms with Crippen LogP contribution >= 0.6 is 8.17 Å². The van der Waals surface area contributed by atoms with E-state index in [9.17, 15) is 0 Å². The van der Waals surface area contributed by atoms with Gasteiger partial charge in [-0.2, -0.15) is 19.2 Å². The van der Waals surface area contributed by atoms with Crippen LogP contribution in [0.5, 0.6) is 0 Å². The van der Waals surface area contributed by atoms with Gasteiger partial charge in [0.15, 0.2) is 0 Å². The Kier molecular flexibility index (Phi) is 2.72. The van der Waals surface area contributed by atoms with E-state index in [2.05, 4.69) is 12.4 Å². The van der Waals surface area contributed by atoms with Gasteiger partial charge in [0.25, 0.3) is 0 Å². The van der Waals surface area contributed by atoms with Crippen LogP contribution in [-0.4, -0.2) is 29.0 Å². The first-order valence-corrected chi connectivity index (χ1v) is 3.04. The summed E-state index contributed by atoms with van der Waals surface area (Å²) < 4.78 is 3.78. The number of rotatable bonds is 2. The van der Waals surface area contributed by atoms with Crippen LogP contribution in [0.1, 0.15) is 0 Å². The monoisotopic (exact) mass is 123 g/mol. The van der Waals surface area contributed by atoms with Gasteiger partial charge in [0.05, 0.1) is 6.51 Å². The van der Waals surface area contributed by atoms with Gasteiger partial charge in [-0.15, -0.1) is 0 Å². The van der Waals surface area contributed by atoms with Gasteiger partial charge in [0, 0.05) is 0 Å². The van der Waals surface area contributed by atoms with E-state index in [0.717, 1.165) is 0 Å². The van der Waals surface area contributed by atoms with Crippen molar-refractivity contribution in [2.24, 2.45) is 0 Å². The lowest BCUT2D eigenvalue weighted by Crippen LogP contribution is -1.95. The number of hydrogen-bond donors (Lipinski definition) is 3. The third-order valence-electron chi connectivity index (χ3n) is 0.248. The maximum Gasteiger partial charge on any atom is 0.566 e. The largest absolute Gasteiger partial charge is 0.566 e. The molecule has 0 aromatic rings. The number of hydrogen-bond acceptors (Lipinski definition) is 4. The minimum Gasteiger partial charge on any atom is -0.168 e. The first-order chi connectivity index (χ1) is 3.06. The van der Waals surface area contributed by atoms with Crippen molar-refractivity contribution in [1.82, 2.24) is 0 Å². The first kappa shape index (κ1) is 7.33. The van der Waals surface area contributed by atoms with Gasteiger partial charge in [0.2, 0.25) is 0 Å². The second kappa shape index (κ2) is 2.60. The summed E-state index contributed by atoms with van der Waals surface area (Å²) in [6.07, 6.45) is 0. The fourth-order valence-electron chi connectivity index (χ4n) is 0.100. The summed E-state index contributed by atoms with van der Waals surface area (Å²) >= 11 is 0. The Hall–Kier alpha value is 0.335. The van der Waals surface area contributed by atoms with Crippen LogP contribution in [0, 0.1) is 0 Å². The Labute approximate surface area is 42.8 Å². The van der Waals surface area contributed by atoms with Gasteiger partial charge in [-0.3, -0.25) is 0 Å². The summed E-state index contributed by atoms with van der Waals surface area (Å²) in [5, 5.41) is 0. The predicted molar refractivity (Wildman–Crippen MR) is 25.3 cm³/mol. The van der Waals surface area contributed by atoms with Gasteiger partial charge < -0.3 is 0 Å². The quantitative estimate of drug-likeness (QED) is 0.318. The minimum absolute atomic E-state index is 0.392. The molecule has 0 saturated heterocycles. The molecule has 0 fully saturated rings. The smallest absolute Gasteiger partial charge is 0.168 e. The predicted octanol–water partition coefficient (Wildman–Crippen LogP) is -1.22. The van der Waals surface area contributed by atoms with Crippen molar-refractivity contribution in [2.75, 3.05) is 6.51 Å². The Morgan fingerprint density at radius 1 is 1.43 bits per heavy atom. The van der Waals surface area contributed by atoms with Crippen LogP contribution < -0.4 is 0 Å². The molecule has 0 aliphatic heterocycles. The van der Waals surface area contributed by atoms with E-state index >= 15 is 0 Å². The fourth-order valence-corrected chi connectivity index (χ4v) is 0.300. The lowest BCUT2D eigenvalue weighted by atomic mass is 10.2. The molecule has 0 spiro atoms. The zero-order valence-corrected chi connectivity index (χ0v) is 4.38. The van der Waals surface area contributed by atoms with Crippen molar-refractivity contribution in [3.63, 3.8) is 0 Å². The molecule has 0 aromatic heterocycles. The van der Waals surface area contributed by atoms with Crippen molar-refractivity contribution in [2.45, 2.75) is 0 Å². The molecule has 0 rings (SSSR count). The highest BCUT2D eigenvalue weighted by molar-refractivity contribution is 7.53. The Morgan fingerprint density at radius 2 is 1.86 bits per heavy atom. The second-order valence-corrected chi connectivity index (χ2v) is 2.09. The molecule has 0 aliphatic rings. The second-order valence-electron chi connectivity index (χ2n) is 0.809. The zero-order valence-electron chi connectivity index (χ0n) is 3.48. The van der Waals surface area contributed by atoms with Gasteiger partial charge in [-0.05, 0) is 0 Å². The van der Waals surface area contributed by atoms with Crippen LogP contribution in [0.3, 0.4) is 0 Å². The standard InChI is InChI=1S/CH5BO4P/c2-1-6-7(3,4)5/h3-5H,1H2/q+1. The van der Waals surface area contributed by atoms with Crippen LogP contribution in [0.25, 0.3) is 0 Å². The van der Waals surface area contributed by atoms with E-state index < -0.39 is 14.7 Å². The van der Waals surface area contributed by atoms with Crippen molar-refractivity contribution < 1.29 is 19.2 Å². The fraction of sp³-hybridized carbons (Fsp3) is 1.00. The minimum atomic E-state index is -4.04. The zero-order chi connectivity index (χ0) is 5.91. The molecule has 2 radical (unpaired) electrons. The van der Waals surface area contributed by atoms with Crippen LogP contribution in [0.15, 0.2) is 0 Å². The van der Waals surface area contributed by atoms with Crippen LogP contribution in [-0.2, 0) is 4.52 Å². The van der Waals surface area contributed by atoms with E-state index in [1.54, 1.807) is 0 Å². The van der Waals surface area contributed by atoms with Gasteiger partial charge in [-0.1, -0.05) is 0 Å². The van der Waals surface area contributed by atoms with Crippen molar-refractivity contribution in [1.29, 1.82) is 0 Å². The van der Waals surface area contributed by atoms with E-state index in [4.69, 9.17) is 14.7 Å². The van der Waals surface area contributed by atoms with Gasteiger partial charge >= 0.3 is 8.17 Å². The summed E-state index contributed by atoms with van der Waals surface area (Å²) in [6, 6.07) is 0. The summed E-state index contributed by atoms with van der Waals surface area (Å²) in [5.74, 6) is 0. The van der Waals surface area contributed by atoms with Gasteiger partial charge in [-0.25, -0.2) is 0 Å². The molecule has 0 unspecified atom stereocenters. The molecule has 6 heteroatoms. The molecule has 0 aromatic carbocycles. The summed E-state index contributed by atoms with van der Waals surface area (Å²) in [5.41, 5.74) is 0. The van der Waals surface area contributed by atoms with E-state index in [0.29, 0.717) is 0 Å². The molecular formula is CH5BO4P+. The highest BCUT2D eigenvalue weighted by atomic mass is 31.2. The Morgan fingerprint density at radius 3 is 1.86 bits per heavy atom. The van der Waals surface area contributed by atoms with E-state index in [1.807, 2.05) is 0 Å². The summed E-state index contributed by atoms with van der Waals surface area (Å²) in [7, 11) is 0.600. The molecule has 3 N–H and O–H groups in total. The SMILES string of the molecule is [B]CO[P+](O)(O)O. The molecule has 4 nitrogen and oxygen atoms in total. The lowest BCUT2D eigenvalue weighted by Gasteiger charge is -1.97. The maximum absolute atomic E-state index is 7.94. The van der Waals surface area contributed by atoms with Crippen molar-refractivity contribution in [3.05, 3.63) is 0 Å². The van der Waals surface area contributed by atoms with Crippen molar-refractivity contribution in [3.8, 4) is 0 Å². The Bertz CT molecular complexity index is 50.1. The Balaban J connectivity index is 3.15. The normalized spacial score (nSPS) is 11.9. The molecule has 0 saturated carbocycles.